The number of anilines is 1. The lowest BCUT2D eigenvalue weighted by Gasteiger charge is -2.42. The smallest absolute Gasteiger partial charge is 0.381 e. The molecule has 0 spiro atoms. The Labute approximate surface area is 231 Å². The molecule has 2 N–H and O–H groups in total. The summed E-state index contributed by atoms with van der Waals surface area (Å²) in [5.41, 5.74) is 2.20. The third kappa shape index (κ3) is 6.83. The Morgan fingerprint density at radius 1 is 1.00 bits per heavy atom. The summed E-state index contributed by atoms with van der Waals surface area (Å²) in [6.07, 6.45) is -5.81. The number of fused-ring (bicyclic) bond motifs is 1. The number of hydrogen-bond acceptors (Lipinski definition) is 4. The summed E-state index contributed by atoms with van der Waals surface area (Å²) < 4.78 is 110. The fraction of sp³-hybridized carbons (Fsp3) is 0.464. The summed E-state index contributed by atoms with van der Waals surface area (Å²) in [6.45, 7) is 0.757. The molecule has 0 bridgehead atoms. The number of H-pyrrole nitrogens is 1. The molecule has 2 aliphatic rings. The lowest BCUT2D eigenvalue weighted by Crippen LogP contribution is -2.47. The van der Waals surface area contributed by atoms with Crippen molar-refractivity contribution in [3.8, 4) is 11.1 Å². The van der Waals surface area contributed by atoms with Crippen LogP contribution >= 0.6 is 0 Å². The second kappa shape index (κ2) is 11.2. The molecule has 3 atom stereocenters. The average molecular weight is 588 g/mol. The Bertz CT molecular complexity index is 1330. The van der Waals surface area contributed by atoms with Crippen molar-refractivity contribution in [3.05, 3.63) is 71.1 Å². The molecule has 0 unspecified atom stereocenters. The maximum absolute atomic E-state index is 15.7. The number of rotatable bonds is 7. The molecule has 0 aliphatic carbocycles. The van der Waals surface area contributed by atoms with Crippen molar-refractivity contribution in [2.24, 2.45) is 0 Å². The molecule has 0 saturated carbocycles. The number of aromatic amines is 1. The van der Waals surface area contributed by atoms with Crippen LogP contribution in [0.15, 0.2) is 42.7 Å². The number of benzene rings is 2. The van der Waals surface area contributed by atoms with E-state index in [9.17, 15) is 26.3 Å². The molecule has 13 heteroatoms. The molecule has 41 heavy (non-hydrogen) atoms. The van der Waals surface area contributed by atoms with Crippen LogP contribution in [0.3, 0.4) is 0 Å². The van der Waals surface area contributed by atoms with Gasteiger partial charge in [-0.25, -0.2) is 8.78 Å². The summed E-state index contributed by atoms with van der Waals surface area (Å²) in [5, 5.41) is 9.60. The van der Waals surface area contributed by atoms with Crippen molar-refractivity contribution in [2.75, 3.05) is 31.5 Å². The molecule has 5 nitrogen and oxygen atoms in total. The van der Waals surface area contributed by atoms with Crippen molar-refractivity contribution < 1.29 is 35.1 Å². The Kier molecular flexibility index (Phi) is 8.03. The van der Waals surface area contributed by atoms with Crippen LogP contribution in [-0.4, -0.2) is 70.6 Å². The Morgan fingerprint density at radius 2 is 1.73 bits per heavy atom. The average Bonchev–Trinajstić information content (AvgIpc) is 3.55. The Balaban J connectivity index is 1.44. The molecule has 3 aromatic rings. The van der Waals surface area contributed by atoms with E-state index < -0.39 is 54.6 Å². The minimum atomic E-state index is -4.60. The minimum absolute atomic E-state index is 0.0770. The topological polar surface area (TPSA) is 47.2 Å². The van der Waals surface area contributed by atoms with Gasteiger partial charge in [0.2, 0.25) is 0 Å². The maximum atomic E-state index is 15.7. The van der Waals surface area contributed by atoms with Crippen molar-refractivity contribution in [1.82, 2.24) is 20.0 Å². The van der Waals surface area contributed by atoms with E-state index in [4.69, 9.17) is 0 Å². The third-order valence-electron chi connectivity index (χ3n) is 7.75. The molecule has 5 rings (SSSR count). The normalized spacial score (nSPS) is 22.2. The molecule has 0 amide bonds. The fourth-order valence-corrected chi connectivity index (χ4v) is 5.88. The Hall–Kier alpha value is -3.19. The number of aromatic nitrogens is 2. The van der Waals surface area contributed by atoms with Gasteiger partial charge in [-0.3, -0.25) is 10.00 Å². The van der Waals surface area contributed by atoms with Crippen molar-refractivity contribution in [3.63, 3.8) is 0 Å². The van der Waals surface area contributed by atoms with Crippen LogP contribution in [0.25, 0.3) is 11.1 Å². The van der Waals surface area contributed by atoms with Gasteiger partial charge in [-0.1, -0.05) is 18.2 Å². The quantitative estimate of drug-likeness (QED) is 0.303. The van der Waals surface area contributed by atoms with Gasteiger partial charge in [-0.2, -0.15) is 31.4 Å². The van der Waals surface area contributed by atoms with Gasteiger partial charge >= 0.3 is 12.4 Å². The van der Waals surface area contributed by atoms with E-state index in [0.717, 1.165) is 28.2 Å². The number of likely N-dealkylation sites (tertiary alicyclic amines) is 1. The number of halogens is 8. The van der Waals surface area contributed by atoms with Gasteiger partial charge in [-0.15, -0.1) is 0 Å². The van der Waals surface area contributed by atoms with Crippen molar-refractivity contribution in [1.29, 1.82) is 0 Å². The standard InChI is InChI=1S/C28H29F8N5/c1-16-8-18-9-17(19-12-37-38-13-19)2-3-22(18)26(41(16)15-28(34,35)36)25-23(29)10-21(11-24(25)30)39-20-4-6-40(14-20)7-5-27(31,32)33/h2-3,9-13,16,20,26,39H,4-8,14-15H2,1H3,(H,37,38)/t16-,20+,26+/m1/s1. The molecule has 222 valence electrons. The third-order valence-corrected chi connectivity index (χ3v) is 7.75. The van der Waals surface area contributed by atoms with Crippen LogP contribution in [-0.2, 0) is 6.42 Å². The summed E-state index contributed by atoms with van der Waals surface area (Å²) in [6, 6.07) is 4.86. The van der Waals surface area contributed by atoms with Gasteiger partial charge in [0.1, 0.15) is 11.6 Å². The maximum Gasteiger partial charge on any atom is 0.401 e. The summed E-state index contributed by atoms with van der Waals surface area (Å²) in [5.74, 6) is -2.01. The van der Waals surface area contributed by atoms with Crippen LogP contribution in [0.5, 0.6) is 0 Å². The first-order chi connectivity index (χ1) is 19.3. The molecule has 2 aliphatic heterocycles. The van der Waals surface area contributed by atoms with Gasteiger partial charge in [0.25, 0.3) is 0 Å². The van der Waals surface area contributed by atoms with Gasteiger partial charge < -0.3 is 10.2 Å². The van der Waals surface area contributed by atoms with Crippen molar-refractivity contribution in [2.45, 2.75) is 56.7 Å². The number of nitrogens with zero attached hydrogens (tertiary/aromatic N) is 3. The fourth-order valence-electron chi connectivity index (χ4n) is 5.88. The van der Waals surface area contributed by atoms with E-state index in [1.54, 1.807) is 36.4 Å². The van der Waals surface area contributed by atoms with E-state index in [1.807, 2.05) is 6.07 Å². The van der Waals surface area contributed by atoms with Crippen LogP contribution in [0.1, 0.15) is 42.5 Å². The highest BCUT2D eigenvalue weighted by Gasteiger charge is 2.42. The molecule has 1 fully saturated rings. The van der Waals surface area contributed by atoms with E-state index in [1.165, 1.54) is 0 Å². The minimum Gasteiger partial charge on any atom is -0.381 e. The summed E-state index contributed by atoms with van der Waals surface area (Å²) in [4.78, 5) is 2.70. The summed E-state index contributed by atoms with van der Waals surface area (Å²) >= 11 is 0. The predicted molar refractivity (Wildman–Crippen MR) is 137 cm³/mol. The first-order valence-corrected chi connectivity index (χ1v) is 13.3. The van der Waals surface area contributed by atoms with Crippen LogP contribution < -0.4 is 5.32 Å². The van der Waals surface area contributed by atoms with Gasteiger partial charge in [0, 0.05) is 54.7 Å². The van der Waals surface area contributed by atoms with E-state index in [-0.39, 0.29) is 31.2 Å². The first kappa shape index (κ1) is 29.3. The van der Waals surface area contributed by atoms with Gasteiger partial charge in [0.05, 0.1) is 25.2 Å². The van der Waals surface area contributed by atoms with E-state index in [2.05, 4.69) is 15.5 Å². The lowest BCUT2D eigenvalue weighted by molar-refractivity contribution is -0.155. The SMILES string of the molecule is C[C@@H]1Cc2cc(-c3cn[nH]c3)ccc2[C@@H](c2c(F)cc(N[C@H]3CCN(CCC(F)(F)F)C3)cc2F)N1CC(F)(F)F. The monoisotopic (exact) mass is 587 g/mol. The second-order valence-corrected chi connectivity index (χ2v) is 10.8. The predicted octanol–water partition coefficient (Wildman–Crippen LogP) is 6.69. The van der Waals surface area contributed by atoms with Crippen LogP contribution in [0, 0.1) is 11.6 Å². The summed E-state index contributed by atoms with van der Waals surface area (Å²) in [7, 11) is 0. The Morgan fingerprint density at radius 3 is 2.37 bits per heavy atom. The number of nitrogens with one attached hydrogen (secondary N) is 2. The highest BCUT2D eigenvalue weighted by Crippen LogP contribution is 2.43. The van der Waals surface area contributed by atoms with E-state index in [0.29, 0.717) is 24.1 Å². The highest BCUT2D eigenvalue weighted by molar-refractivity contribution is 5.64. The molecule has 1 aromatic heterocycles. The molecule has 1 saturated heterocycles. The first-order valence-electron chi connectivity index (χ1n) is 13.3. The van der Waals surface area contributed by atoms with Crippen LogP contribution in [0.2, 0.25) is 0 Å². The zero-order valence-electron chi connectivity index (χ0n) is 22.1. The highest BCUT2D eigenvalue weighted by atomic mass is 19.4. The zero-order chi connectivity index (χ0) is 29.5. The van der Waals surface area contributed by atoms with Crippen LogP contribution in [0.4, 0.5) is 40.8 Å². The molecular weight excluding hydrogens is 558 g/mol. The molecular formula is C28H29F8N5. The number of alkyl halides is 6. The molecule has 2 aromatic carbocycles. The van der Waals surface area contributed by atoms with E-state index >= 15 is 8.78 Å². The lowest BCUT2D eigenvalue weighted by atomic mass is 9.83. The largest absolute Gasteiger partial charge is 0.401 e. The second-order valence-electron chi connectivity index (χ2n) is 10.8. The zero-order valence-corrected chi connectivity index (χ0v) is 22.1. The molecule has 3 heterocycles. The van der Waals surface area contributed by atoms with Crippen molar-refractivity contribution >= 4 is 5.69 Å². The number of hydrogen-bond donors (Lipinski definition) is 2. The molecule has 0 radical (unpaired) electrons. The van der Waals surface area contributed by atoms with Gasteiger partial charge in [0.15, 0.2) is 0 Å². The van der Waals surface area contributed by atoms with Gasteiger partial charge in [-0.05, 0) is 48.6 Å².